The van der Waals surface area contributed by atoms with E-state index in [1.54, 1.807) is 27.7 Å². The number of amides is 5. The lowest BCUT2D eigenvalue weighted by molar-refractivity contribution is -0.140. The summed E-state index contributed by atoms with van der Waals surface area (Å²) in [5.74, 6) is -4.25. The van der Waals surface area contributed by atoms with Crippen LogP contribution in [0.5, 0.6) is 0 Å². The molecule has 0 spiro atoms. The van der Waals surface area contributed by atoms with Gasteiger partial charge in [0.2, 0.25) is 29.5 Å². The molecule has 0 radical (unpaired) electrons. The topological polar surface area (TPSA) is 223 Å². The lowest BCUT2D eigenvalue weighted by Gasteiger charge is -2.31. The molecule has 8 N–H and O–H groups in total. The number of nitrogens with one attached hydrogen (secondary N) is 5. The number of carbonyl (C=O) groups excluding carboxylic acids is 5. The maximum atomic E-state index is 13.5. The maximum Gasteiger partial charge on any atom is 0.306 e. The Kier molecular flexibility index (Phi) is 20.2. The largest absolute Gasteiger partial charge is 0.481 e. The van der Waals surface area contributed by atoms with Crippen molar-refractivity contribution in [3.8, 4) is 0 Å². The van der Waals surface area contributed by atoms with Crippen LogP contribution in [0.3, 0.4) is 0 Å². The first-order chi connectivity index (χ1) is 22.0. The molecule has 0 unspecified atom stereocenters. The van der Waals surface area contributed by atoms with Gasteiger partial charge in [-0.3, -0.25) is 28.8 Å². The summed E-state index contributed by atoms with van der Waals surface area (Å²) in [6, 6.07) is -4.61. The molecule has 48 heavy (non-hydrogen) atoms. The van der Waals surface area contributed by atoms with Crippen LogP contribution in [-0.2, 0) is 28.8 Å². The van der Waals surface area contributed by atoms with E-state index < -0.39 is 84.9 Å². The van der Waals surface area contributed by atoms with Gasteiger partial charge in [0.05, 0.1) is 37.1 Å². The van der Waals surface area contributed by atoms with Crippen molar-refractivity contribution in [2.75, 3.05) is 0 Å². The molecule has 5 amide bonds. The van der Waals surface area contributed by atoms with Gasteiger partial charge in [-0.25, -0.2) is 0 Å². The SMILES string of the molecule is CC(C)CC(=O)N[C@@H](C(=O)N[C@@H](C(=O)N[C@H](CC(C)C)[C@@H](O)CC(=O)N[C@H](C)C(=O)N[C@H](CC(C)C)[C@H](O)CC(=O)O)C(C)C)C(C)C. The fourth-order valence-corrected chi connectivity index (χ4v) is 5.16. The number of hydrogen-bond donors (Lipinski definition) is 8. The monoisotopic (exact) mass is 685 g/mol. The summed E-state index contributed by atoms with van der Waals surface area (Å²) in [4.78, 5) is 75.9. The second-order valence-electron chi connectivity index (χ2n) is 14.8. The van der Waals surface area contributed by atoms with E-state index in [0.29, 0.717) is 12.8 Å². The van der Waals surface area contributed by atoms with Crippen LogP contribution in [0.15, 0.2) is 0 Å². The average Bonchev–Trinajstić information content (AvgIpc) is 2.91. The highest BCUT2D eigenvalue weighted by Crippen LogP contribution is 2.15. The van der Waals surface area contributed by atoms with Crippen LogP contribution in [0.25, 0.3) is 0 Å². The number of carbonyl (C=O) groups is 6. The van der Waals surface area contributed by atoms with Gasteiger partial charge in [0.25, 0.3) is 0 Å². The normalized spacial score (nSPS) is 16.1. The molecule has 14 heteroatoms. The molecular weight excluding hydrogens is 622 g/mol. The molecule has 0 saturated heterocycles. The van der Waals surface area contributed by atoms with Gasteiger partial charge in [-0.2, -0.15) is 0 Å². The van der Waals surface area contributed by atoms with E-state index in [9.17, 15) is 39.0 Å². The molecule has 0 rings (SSSR count). The van der Waals surface area contributed by atoms with Crippen LogP contribution in [-0.4, -0.2) is 93.2 Å². The summed E-state index contributed by atoms with van der Waals surface area (Å²) in [5, 5.41) is 43.9. The molecule has 14 nitrogen and oxygen atoms in total. The summed E-state index contributed by atoms with van der Waals surface area (Å²) < 4.78 is 0. The molecule has 0 heterocycles. The number of carboxylic acids is 1. The average molecular weight is 686 g/mol. The van der Waals surface area contributed by atoms with Crippen molar-refractivity contribution in [2.24, 2.45) is 29.6 Å². The molecule has 0 aromatic rings. The van der Waals surface area contributed by atoms with Crippen molar-refractivity contribution < 1.29 is 44.1 Å². The molecule has 0 aliphatic rings. The first-order valence-corrected chi connectivity index (χ1v) is 17.1. The van der Waals surface area contributed by atoms with E-state index in [1.807, 2.05) is 41.5 Å². The van der Waals surface area contributed by atoms with E-state index in [2.05, 4.69) is 26.6 Å². The summed E-state index contributed by atoms with van der Waals surface area (Å²) in [5.41, 5.74) is 0. The Hall–Kier alpha value is -3.26. The maximum absolute atomic E-state index is 13.5. The summed E-state index contributed by atoms with van der Waals surface area (Å²) >= 11 is 0. The van der Waals surface area contributed by atoms with Gasteiger partial charge in [-0.15, -0.1) is 0 Å². The lowest BCUT2D eigenvalue weighted by atomic mass is 9.95. The van der Waals surface area contributed by atoms with E-state index in [0.717, 1.165) is 0 Å². The van der Waals surface area contributed by atoms with Crippen molar-refractivity contribution in [3.05, 3.63) is 0 Å². The zero-order valence-corrected chi connectivity index (χ0v) is 30.8. The molecule has 0 bridgehead atoms. The predicted octanol–water partition coefficient (Wildman–Crippen LogP) is 1.47. The van der Waals surface area contributed by atoms with E-state index in [4.69, 9.17) is 5.11 Å². The fraction of sp³-hybridized carbons (Fsp3) is 0.824. The number of aliphatic carboxylic acids is 1. The van der Waals surface area contributed by atoms with Crippen molar-refractivity contribution >= 4 is 35.5 Å². The van der Waals surface area contributed by atoms with Crippen molar-refractivity contribution in [1.82, 2.24) is 26.6 Å². The molecule has 0 aromatic carbocycles. The molecule has 0 aliphatic carbocycles. The molecule has 0 aliphatic heterocycles. The minimum atomic E-state index is -1.33. The van der Waals surface area contributed by atoms with Gasteiger partial charge < -0.3 is 41.9 Å². The van der Waals surface area contributed by atoms with Gasteiger partial charge in [0.15, 0.2) is 0 Å². The summed E-state index contributed by atoms with van der Waals surface area (Å²) in [7, 11) is 0. The van der Waals surface area contributed by atoms with Crippen molar-refractivity contribution in [1.29, 1.82) is 0 Å². The summed E-state index contributed by atoms with van der Waals surface area (Å²) in [6.07, 6.45) is -2.76. The van der Waals surface area contributed by atoms with Crippen LogP contribution in [0, 0.1) is 29.6 Å². The molecule has 278 valence electrons. The standard InChI is InChI=1S/C34H63N5O9/c1-17(2)12-23(37-33(47)31(21(9)10)39-34(48)30(20(7)8)38-27(42)14-19(5)6)25(40)15-28(43)35-22(11)32(46)36-24(13-18(3)4)26(41)16-29(44)45/h17-26,30-31,40-41H,12-16H2,1-11H3,(H,35,43)(H,36,46)(H,37,47)(H,38,42)(H,39,48)(H,44,45)/t22-,23-,24-,25+,26-,30-,31-/m1/s1. The highest BCUT2D eigenvalue weighted by atomic mass is 16.4. The second kappa shape index (κ2) is 21.7. The Morgan fingerprint density at radius 1 is 0.479 bits per heavy atom. The van der Waals surface area contributed by atoms with Gasteiger partial charge >= 0.3 is 5.97 Å². The second-order valence-corrected chi connectivity index (χ2v) is 14.8. The number of aliphatic hydroxyl groups excluding tert-OH is 2. The first-order valence-electron chi connectivity index (χ1n) is 17.1. The first kappa shape index (κ1) is 44.7. The Morgan fingerprint density at radius 2 is 0.875 bits per heavy atom. The molecular formula is C34H63N5O9. The van der Waals surface area contributed by atoms with Crippen LogP contribution >= 0.6 is 0 Å². The Morgan fingerprint density at radius 3 is 1.29 bits per heavy atom. The van der Waals surface area contributed by atoms with Crippen molar-refractivity contribution in [2.45, 2.75) is 151 Å². The third kappa shape index (κ3) is 17.8. The zero-order valence-electron chi connectivity index (χ0n) is 30.8. The van der Waals surface area contributed by atoms with Crippen molar-refractivity contribution in [3.63, 3.8) is 0 Å². The van der Waals surface area contributed by atoms with Gasteiger partial charge in [0.1, 0.15) is 18.1 Å². The van der Waals surface area contributed by atoms with E-state index in [-0.39, 0.29) is 41.9 Å². The zero-order chi connectivity index (χ0) is 37.5. The molecule has 7 atom stereocenters. The quantitative estimate of drug-likeness (QED) is 0.0825. The minimum absolute atomic E-state index is 0.0152. The van der Waals surface area contributed by atoms with Crippen LogP contribution in [0.2, 0.25) is 0 Å². The Balaban J connectivity index is 5.60. The minimum Gasteiger partial charge on any atom is -0.481 e. The molecule has 0 saturated carbocycles. The number of aliphatic hydroxyl groups is 2. The van der Waals surface area contributed by atoms with Gasteiger partial charge in [-0.1, -0.05) is 69.2 Å². The number of hydrogen-bond acceptors (Lipinski definition) is 8. The number of carboxylic acid groups (broad SMARTS) is 1. The third-order valence-corrected chi connectivity index (χ3v) is 7.69. The Bertz CT molecular complexity index is 1060. The highest BCUT2D eigenvalue weighted by molar-refractivity contribution is 5.92. The molecule has 0 fully saturated rings. The summed E-state index contributed by atoms with van der Waals surface area (Å²) in [6.45, 7) is 19.8. The van der Waals surface area contributed by atoms with Gasteiger partial charge in [-0.05, 0) is 49.4 Å². The predicted molar refractivity (Wildman–Crippen MR) is 182 cm³/mol. The van der Waals surface area contributed by atoms with Crippen LogP contribution < -0.4 is 26.6 Å². The highest BCUT2D eigenvalue weighted by Gasteiger charge is 2.34. The third-order valence-electron chi connectivity index (χ3n) is 7.69. The fourth-order valence-electron chi connectivity index (χ4n) is 5.16. The Labute approximate surface area is 286 Å². The van der Waals surface area contributed by atoms with Crippen LogP contribution in [0.1, 0.15) is 108 Å². The lowest BCUT2D eigenvalue weighted by Crippen LogP contribution is -2.59. The number of rotatable bonds is 22. The molecule has 0 aromatic heterocycles. The van der Waals surface area contributed by atoms with Crippen LogP contribution in [0.4, 0.5) is 0 Å². The van der Waals surface area contributed by atoms with E-state index in [1.165, 1.54) is 6.92 Å². The smallest absolute Gasteiger partial charge is 0.306 e. The van der Waals surface area contributed by atoms with Gasteiger partial charge in [0, 0.05) is 6.42 Å². The van der Waals surface area contributed by atoms with E-state index >= 15 is 0 Å².